The highest BCUT2D eigenvalue weighted by molar-refractivity contribution is 6.06. The minimum atomic E-state index is -0.906. The van der Waals surface area contributed by atoms with E-state index in [1.54, 1.807) is 50.4 Å². The van der Waals surface area contributed by atoms with Crippen molar-refractivity contribution in [1.82, 2.24) is 10.6 Å². The van der Waals surface area contributed by atoms with Crippen LogP contribution >= 0.6 is 0 Å². The van der Waals surface area contributed by atoms with Crippen molar-refractivity contribution >= 4 is 28.5 Å². The minimum absolute atomic E-state index is 0.0261. The summed E-state index contributed by atoms with van der Waals surface area (Å²) in [4.78, 5) is 25.7. The second kappa shape index (κ2) is 8.39. The number of ether oxygens (including phenoxy) is 2. The van der Waals surface area contributed by atoms with E-state index in [1.165, 1.54) is 0 Å². The minimum Gasteiger partial charge on any atom is -0.508 e. The Morgan fingerprint density at radius 1 is 1.06 bits per heavy atom. The number of rotatable bonds is 5. The number of nitrogens with one attached hydrogen (secondary N) is 2. The van der Waals surface area contributed by atoms with Crippen LogP contribution in [0.4, 0.5) is 4.79 Å². The highest BCUT2D eigenvalue weighted by Crippen LogP contribution is 2.40. The fraction of sp³-hybridized carbons (Fsp3) is 0.167. The Balaban J connectivity index is 1.97. The molecule has 0 fully saturated rings. The summed E-state index contributed by atoms with van der Waals surface area (Å²) < 4.78 is 10.5. The quantitative estimate of drug-likeness (QED) is 0.547. The number of phenolic OH excluding ortho intramolecular Hbond substituents is 1. The number of phenols is 1. The number of carbonyl (C=O) groups is 2. The third kappa shape index (κ3) is 3.77. The van der Waals surface area contributed by atoms with Crippen LogP contribution in [-0.4, -0.2) is 30.8 Å². The van der Waals surface area contributed by atoms with Crippen LogP contribution in [0.2, 0.25) is 0 Å². The van der Waals surface area contributed by atoms with Gasteiger partial charge in [-0.25, -0.2) is 9.59 Å². The third-order valence-electron chi connectivity index (χ3n) is 5.18. The zero-order chi connectivity index (χ0) is 22.0. The van der Waals surface area contributed by atoms with Crippen LogP contribution in [0.1, 0.15) is 24.1 Å². The first-order chi connectivity index (χ1) is 15.0. The standard InChI is InChI=1S/C24H22N2O5/c1-3-31-23(28)20-21(15-8-11-16(30-2)12-9-15)25-24(29)26-22(20)19-17-7-5-4-6-14(17)10-13-18(19)27/h4-13,22,27H,3H2,1-2H3,(H2,25,26,29). The molecule has 3 N–H and O–H groups in total. The molecule has 0 saturated heterocycles. The lowest BCUT2D eigenvalue weighted by atomic mass is 9.89. The maximum absolute atomic E-state index is 13.1. The maximum atomic E-state index is 13.1. The van der Waals surface area contributed by atoms with E-state index in [0.717, 1.165) is 10.8 Å². The molecule has 0 saturated carbocycles. The van der Waals surface area contributed by atoms with Crippen LogP contribution in [-0.2, 0) is 9.53 Å². The number of methoxy groups -OCH3 is 1. The summed E-state index contributed by atoms with van der Waals surface area (Å²) >= 11 is 0. The Morgan fingerprint density at radius 2 is 1.81 bits per heavy atom. The normalized spacial score (nSPS) is 15.9. The number of aromatic hydroxyl groups is 1. The molecule has 1 aliphatic rings. The lowest BCUT2D eigenvalue weighted by molar-refractivity contribution is -0.138. The fourth-order valence-electron chi connectivity index (χ4n) is 3.78. The molecule has 3 aromatic carbocycles. The second-order valence-corrected chi connectivity index (χ2v) is 6.99. The van der Waals surface area contributed by atoms with Crippen molar-refractivity contribution in [3.05, 3.63) is 77.4 Å². The Bertz CT molecular complexity index is 1180. The highest BCUT2D eigenvalue weighted by Gasteiger charge is 2.36. The van der Waals surface area contributed by atoms with Crippen molar-refractivity contribution < 1.29 is 24.2 Å². The van der Waals surface area contributed by atoms with E-state index in [4.69, 9.17) is 9.47 Å². The van der Waals surface area contributed by atoms with Crippen molar-refractivity contribution in [3.8, 4) is 11.5 Å². The molecule has 0 bridgehead atoms. The first kappa shape index (κ1) is 20.3. The first-order valence-corrected chi connectivity index (χ1v) is 9.87. The van der Waals surface area contributed by atoms with Crippen LogP contribution in [0.5, 0.6) is 11.5 Å². The number of carbonyl (C=O) groups excluding carboxylic acids is 2. The van der Waals surface area contributed by atoms with Crippen LogP contribution < -0.4 is 15.4 Å². The summed E-state index contributed by atoms with van der Waals surface area (Å²) in [6.45, 7) is 1.88. The largest absolute Gasteiger partial charge is 0.508 e. The molecule has 158 valence electrons. The van der Waals surface area contributed by atoms with Crippen molar-refractivity contribution in [3.63, 3.8) is 0 Å². The van der Waals surface area contributed by atoms with Gasteiger partial charge in [0.15, 0.2) is 0 Å². The molecule has 1 aliphatic heterocycles. The Kier molecular flexibility index (Phi) is 5.49. The van der Waals surface area contributed by atoms with Crippen molar-refractivity contribution in [2.45, 2.75) is 13.0 Å². The van der Waals surface area contributed by atoms with Gasteiger partial charge in [0.25, 0.3) is 0 Å². The third-order valence-corrected chi connectivity index (χ3v) is 5.18. The molecular formula is C24H22N2O5. The molecule has 1 atom stereocenters. The van der Waals surface area contributed by atoms with Gasteiger partial charge in [0.2, 0.25) is 0 Å². The van der Waals surface area contributed by atoms with Crippen molar-refractivity contribution in [2.75, 3.05) is 13.7 Å². The average Bonchev–Trinajstić information content (AvgIpc) is 2.78. The molecule has 0 radical (unpaired) electrons. The molecule has 2 amide bonds. The van der Waals surface area contributed by atoms with E-state index in [1.807, 2.05) is 24.3 Å². The first-order valence-electron chi connectivity index (χ1n) is 9.87. The molecule has 3 aromatic rings. The highest BCUT2D eigenvalue weighted by atomic mass is 16.5. The maximum Gasteiger partial charge on any atom is 0.338 e. The van der Waals surface area contributed by atoms with Crippen LogP contribution in [0, 0.1) is 0 Å². The second-order valence-electron chi connectivity index (χ2n) is 6.99. The Labute approximate surface area is 179 Å². The summed E-state index contributed by atoms with van der Waals surface area (Å²) in [6, 6.07) is 16.4. The van der Waals surface area contributed by atoms with Crippen LogP contribution in [0.15, 0.2) is 66.2 Å². The Hall–Kier alpha value is -4.00. The molecule has 1 unspecified atom stereocenters. The monoisotopic (exact) mass is 418 g/mol. The number of fused-ring (bicyclic) bond motifs is 1. The lowest BCUT2D eigenvalue weighted by Gasteiger charge is -2.30. The molecule has 0 aromatic heterocycles. The van der Waals surface area contributed by atoms with Crippen LogP contribution in [0.25, 0.3) is 16.5 Å². The van der Waals surface area contributed by atoms with Gasteiger partial charge in [-0.15, -0.1) is 0 Å². The van der Waals surface area contributed by atoms with E-state index >= 15 is 0 Å². The van der Waals surface area contributed by atoms with Crippen LogP contribution in [0.3, 0.4) is 0 Å². The number of hydrogen-bond acceptors (Lipinski definition) is 5. The predicted octanol–water partition coefficient (Wildman–Crippen LogP) is 3.88. The van der Waals surface area contributed by atoms with Gasteiger partial charge in [0, 0.05) is 5.56 Å². The topological polar surface area (TPSA) is 96.9 Å². The molecule has 7 nitrogen and oxygen atoms in total. The smallest absolute Gasteiger partial charge is 0.338 e. The summed E-state index contributed by atoms with van der Waals surface area (Å²) in [5, 5.41) is 17.9. The number of esters is 1. The lowest BCUT2D eigenvalue weighted by Crippen LogP contribution is -2.45. The summed E-state index contributed by atoms with van der Waals surface area (Å²) in [5.74, 6) is 0.0328. The molecule has 7 heteroatoms. The van der Waals surface area contributed by atoms with Gasteiger partial charge in [-0.2, -0.15) is 0 Å². The average molecular weight is 418 g/mol. The molecule has 4 rings (SSSR count). The van der Waals surface area contributed by atoms with Gasteiger partial charge in [-0.3, -0.25) is 0 Å². The van der Waals surface area contributed by atoms with Crippen molar-refractivity contribution in [1.29, 1.82) is 0 Å². The van der Waals surface area contributed by atoms with Gasteiger partial charge >= 0.3 is 12.0 Å². The van der Waals surface area contributed by atoms with E-state index in [0.29, 0.717) is 22.6 Å². The number of amides is 2. The van der Waals surface area contributed by atoms with Gasteiger partial charge in [-0.1, -0.05) is 30.3 Å². The van der Waals surface area contributed by atoms with Gasteiger partial charge in [0.1, 0.15) is 11.5 Å². The summed E-state index contributed by atoms with van der Waals surface area (Å²) in [6.07, 6.45) is 0. The molecule has 31 heavy (non-hydrogen) atoms. The zero-order valence-corrected chi connectivity index (χ0v) is 17.1. The summed E-state index contributed by atoms with van der Waals surface area (Å²) in [5.41, 5.74) is 1.57. The zero-order valence-electron chi connectivity index (χ0n) is 17.1. The van der Waals surface area contributed by atoms with E-state index in [-0.39, 0.29) is 17.9 Å². The molecule has 0 spiro atoms. The number of benzene rings is 3. The van der Waals surface area contributed by atoms with E-state index < -0.39 is 18.0 Å². The van der Waals surface area contributed by atoms with Gasteiger partial charge in [-0.05, 0) is 53.6 Å². The SMILES string of the molecule is CCOC(=O)C1=C(c2ccc(OC)cc2)NC(=O)NC1c1c(O)ccc2ccccc12. The van der Waals surface area contributed by atoms with Crippen molar-refractivity contribution in [2.24, 2.45) is 0 Å². The van der Waals surface area contributed by atoms with E-state index in [2.05, 4.69) is 10.6 Å². The summed E-state index contributed by atoms with van der Waals surface area (Å²) in [7, 11) is 1.56. The van der Waals surface area contributed by atoms with Gasteiger partial charge < -0.3 is 25.2 Å². The van der Waals surface area contributed by atoms with Gasteiger partial charge in [0.05, 0.1) is 31.0 Å². The molecule has 1 heterocycles. The van der Waals surface area contributed by atoms with E-state index in [9.17, 15) is 14.7 Å². The molecular weight excluding hydrogens is 396 g/mol. The Morgan fingerprint density at radius 3 is 2.52 bits per heavy atom. The number of hydrogen-bond donors (Lipinski definition) is 3. The fourth-order valence-corrected chi connectivity index (χ4v) is 3.78. The predicted molar refractivity (Wildman–Crippen MR) is 117 cm³/mol. The molecule has 0 aliphatic carbocycles. The number of urea groups is 1.